The summed E-state index contributed by atoms with van der Waals surface area (Å²) >= 11 is 0. The van der Waals surface area contributed by atoms with Crippen LogP contribution in [0.2, 0.25) is 0 Å². The highest BCUT2D eigenvalue weighted by atomic mass is 15.2. The number of benzene rings is 1. The van der Waals surface area contributed by atoms with E-state index in [9.17, 15) is 0 Å². The van der Waals surface area contributed by atoms with Gasteiger partial charge in [-0.2, -0.15) is 0 Å². The number of aromatic nitrogens is 2. The molecule has 0 bridgehead atoms. The van der Waals surface area contributed by atoms with Crippen molar-refractivity contribution in [3.63, 3.8) is 0 Å². The van der Waals surface area contributed by atoms with Crippen LogP contribution in [0.1, 0.15) is 43.6 Å². The zero-order valence-corrected chi connectivity index (χ0v) is 15.0. The molecule has 0 radical (unpaired) electrons. The maximum absolute atomic E-state index is 4.69. The summed E-state index contributed by atoms with van der Waals surface area (Å²) in [6.07, 6.45) is 6.20. The van der Waals surface area contributed by atoms with Crippen molar-refractivity contribution in [2.75, 3.05) is 13.1 Å². The fourth-order valence-electron chi connectivity index (χ4n) is 2.49. The summed E-state index contributed by atoms with van der Waals surface area (Å²) in [5, 5.41) is 6.67. The van der Waals surface area contributed by atoms with Gasteiger partial charge in [-0.05, 0) is 31.4 Å². The summed E-state index contributed by atoms with van der Waals surface area (Å²) < 4.78 is 2.15. The molecule has 0 atom stereocenters. The van der Waals surface area contributed by atoms with Crippen molar-refractivity contribution in [2.24, 2.45) is 4.99 Å². The second-order valence-electron chi connectivity index (χ2n) is 5.90. The van der Waals surface area contributed by atoms with Crippen molar-refractivity contribution in [3.05, 3.63) is 53.6 Å². The summed E-state index contributed by atoms with van der Waals surface area (Å²) in [5.74, 6) is 1.93. The average molecular weight is 327 g/mol. The first-order valence-corrected chi connectivity index (χ1v) is 8.80. The maximum atomic E-state index is 4.69. The molecule has 1 heterocycles. The van der Waals surface area contributed by atoms with Crippen molar-refractivity contribution in [3.8, 4) is 0 Å². The van der Waals surface area contributed by atoms with Crippen molar-refractivity contribution in [1.82, 2.24) is 20.2 Å². The van der Waals surface area contributed by atoms with E-state index in [2.05, 4.69) is 63.3 Å². The topological polar surface area (TPSA) is 54.2 Å². The predicted molar refractivity (Wildman–Crippen MR) is 100 cm³/mol. The molecule has 2 aromatic rings. The molecular formula is C19H29N5. The molecule has 24 heavy (non-hydrogen) atoms. The van der Waals surface area contributed by atoms with E-state index in [0.29, 0.717) is 6.54 Å². The molecule has 0 saturated carbocycles. The Morgan fingerprint density at radius 1 is 1.21 bits per heavy atom. The molecule has 0 saturated heterocycles. The van der Waals surface area contributed by atoms with Gasteiger partial charge in [0.1, 0.15) is 5.82 Å². The summed E-state index contributed by atoms with van der Waals surface area (Å²) in [6, 6.07) is 8.60. The van der Waals surface area contributed by atoms with E-state index in [1.54, 1.807) is 0 Å². The summed E-state index contributed by atoms with van der Waals surface area (Å²) in [5.41, 5.74) is 2.49. The number of hydrogen-bond donors (Lipinski definition) is 2. The van der Waals surface area contributed by atoms with Crippen molar-refractivity contribution < 1.29 is 0 Å². The highest BCUT2D eigenvalue weighted by Crippen LogP contribution is 2.09. The summed E-state index contributed by atoms with van der Waals surface area (Å²) in [6.45, 7) is 9.67. The van der Waals surface area contributed by atoms with Crippen LogP contribution in [-0.2, 0) is 13.1 Å². The summed E-state index contributed by atoms with van der Waals surface area (Å²) in [7, 11) is 0. The highest BCUT2D eigenvalue weighted by Gasteiger charge is 2.01. The normalized spacial score (nSPS) is 11.5. The molecule has 0 aliphatic carbocycles. The number of unbranched alkanes of at least 4 members (excludes halogenated alkanes) is 1. The number of guanidine groups is 1. The Hall–Kier alpha value is -2.30. The predicted octanol–water partition coefficient (Wildman–Crippen LogP) is 3.10. The first kappa shape index (κ1) is 18.0. The lowest BCUT2D eigenvalue weighted by Crippen LogP contribution is -2.37. The van der Waals surface area contributed by atoms with Gasteiger partial charge >= 0.3 is 0 Å². The Morgan fingerprint density at radius 3 is 2.75 bits per heavy atom. The monoisotopic (exact) mass is 327 g/mol. The van der Waals surface area contributed by atoms with E-state index in [4.69, 9.17) is 0 Å². The van der Waals surface area contributed by atoms with Crippen LogP contribution in [-0.4, -0.2) is 28.6 Å². The van der Waals surface area contributed by atoms with E-state index in [1.807, 2.05) is 19.3 Å². The molecule has 0 amide bonds. The van der Waals surface area contributed by atoms with Gasteiger partial charge in [-0.15, -0.1) is 0 Å². The smallest absolute Gasteiger partial charge is 0.191 e. The van der Waals surface area contributed by atoms with Gasteiger partial charge in [0.15, 0.2) is 5.96 Å². The second-order valence-corrected chi connectivity index (χ2v) is 5.90. The minimum Gasteiger partial charge on any atom is -0.357 e. The molecule has 0 fully saturated rings. The number of nitrogens with one attached hydrogen (secondary N) is 2. The minimum atomic E-state index is 0.679. The summed E-state index contributed by atoms with van der Waals surface area (Å²) in [4.78, 5) is 8.96. The molecule has 0 unspecified atom stereocenters. The molecule has 2 N–H and O–H groups in total. The van der Waals surface area contributed by atoms with Crippen LogP contribution in [0.5, 0.6) is 0 Å². The third-order valence-corrected chi connectivity index (χ3v) is 3.85. The number of hydrogen-bond acceptors (Lipinski definition) is 2. The zero-order chi connectivity index (χ0) is 17.2. The van der Waals surface area contributed by atoms with Gasteiger partial charge in [0.2, 0.25) is 0 Å². The minimum absolute atomic E-state index is 0.679. The van der Waals surface area contributed by atoms with Crippen LogP contribution in [0.25, 0.3) is 0 Å². The van der Waals surface area contributed by atoms with Gasteiger partial charge < -0.3 is 15.2 Å². The fourth-order valence-corrected chi connectivity index (χ4v) is 2.49. The van der Waals surface area contributed by atoms with E-state index in [0.717, 1.165) is 37.8 Å². The highest BCUT2D eigenvalue weighted by molar-refractivity contribution is 5.79. The molecule has 1 aromatic heterocycles. The third-order valence-electron chi connectivity index (χ3n) is 3.85. The molecule has 1 aromatic carbocycles. The van der Waals surface area contributed by atoms with Crippen molar-refractivity contribution >= 4 is 5.96 Å². The molecule has 5 heteroatoms. The fraction of sp³-hybridized carbons (Fsp3) is 0.474. The molecule has 2 rings (SSSR count). The van der Waals surface area contributed by atoms with Gasteiger partial charge in [-0.3, -0.25) is 0 Å². The average Bonchev–Trinajstić information content (AvgIpc) is 2.98. The Balaban J connectivity index is 1.99. The van der Waals surface area contributed by atoms with Crippen LogP contribution < -0.4 is 10.6 Å². The van der Waals surface area contributed by atoms with E-state index < -0.39 is 0 Å². The lowest BCUT2D eigenvalue weighted by molar-refractivity contribution is 0.730. The quantitative estimate of drug-likeness (QED) is 0.445. The number of rotatable bonds is 8. The van der Waals surface area contributed by atoms with Gasteiger partial charge in [-0.25, -0.2) is 9.98 Å². The molecule has 5 nitrogen and oxygen atoms in total. The van der Waals surface area contributed by atoms with E-state index >= 15 is 0 Å². The maximum Gasteiger partial charge on any atom is 0.191 e. The van der Waals surface area contributed by atoms with Crippen molar-refractivity contribution in [2.45, 2.75) is 46.7 Å². The Morgan fingerprint density at radius 2 is 2.04 bits per heavy atom. The first-order valence-electron chi connectivity index (χ1n) is 8.80. The second kappa shape index (κ2) is 9.75. The van der Waals surface area contributed by atoms with Crippen LogP contribution in [0.15, 0.2) is 41.7 Å². The van der Waals surface area contributed by atoms with Gasteiger partial charge in [0, 0.05) is 32.0 Å². The Bertz CT molecular complexity index is 645. The molecular weight excluding hydrogens is 298 g/mol. The standard InChI is InChI=1S/C19H29N5/c1-4-6-10-22-19(20-5-2)23-14-17-8-7-9-18(13-17)15-24-12-11-21-16(24)3/h7-9,11-13H,4-6,10,14-15H2,1-3H3,(H2,20,22,23). The number of aryl methyl sites for hydroxylation is 1. The number of aliphatic imine (C=N–C) groups is 1. The Labute approximate surface area is 145 Å². The SMILES string of the molecule is CCCCNC(=NCc1cccc(Cn2ccnc2C)c1)NCC. The Kier molecular flexibility index (Phi) is 7.33. The third kappa shape index (κ3) is 5.72. The van der Waals surface area contributed by atoms with Crippen LogP contribution in [0, 0.1) is 6.92 Å². The molecule has 0 spiro atoms. The number of imidazole rings is 1. The lowest BCUT2D eigenvalue weighted by atomic mass is 10.1. The largest absolute Gasteiger partial charge is 0.357 e. The zero-order valence-electron chi connectivity index (χ0n) is 15.0. The van der Waals surface area contributed by atoms with Gasteiger partial charge in [0.25, 0.3) is 0 Å². The number of nitrogens with zero attached hydrogens (tertiary/aromatic N) is 3. The van der Waals surface area contributed by atoms with Gasteiger partial charge in [0.05, 0.1) is 6.54 Å². The molecule has 0 aliphatic rings. The van der Waals surface area contributed by atoms with Crippen LogP contribution >= 0.6 is 0 Å². The van der Waals surface area contributed by atoms with E-state index in [-0.39, 0.29) is 0 Å². The lowest BCUT2D eigenvalue weighted by Gasteiger charge is -2.11. The first-order chi connectivity index (χ1) is 11.7. The molecule has 130 valence electrons. The van der Waals surface area contributed by atoms with Crippen LogP contribution in [0.3, 0.4) is 0 Å². The molecule has 0 aliphatic heterocycles. The van der Waals surface area contributed by atoms with E-state index in [1.165, 1.54) is 17.5 Å². The van der Waals surface area contributed by atoms with Crippen LogP contribution in [0.4, 0.5) is 0 Å². The van der Waals surface area contributed by atoms with Crippen molar-refractivity contribution in [1.29, 1.82) is 0 Å². The van der Waals surface area contributed by atoms with Gasteiger partial charge in [-0.1, -0.05) is 37.6 Å².